The zero-order chi connectivity index (χ0) is 15.1. The SMILES string of the molecule is COc1ccc(C2CNC(=O)C2)cc1OC1CC2CCC1C2. The van der Waals surface area contributed by atoms with Crippen molar-refractivity contribution in [3.05, 3.63) is 23.8 Å². The molecule has 1 aromatic rings. The zero-order valence-electron chi connectivity index (χ0n) is 13.0. The number of nitrogens with one attached hydrogen (secondary N) is 1. The molecule has 2 bridgehead atoms. The quantitative estimate of drug-likeness (QED) is 0.930. The number of amides is 1. The van der Waals surface area contributed by atoms with Crippen LogP contribution < -0.4 is 14.8 Å². The molecule has 1 saturated heterocycles. The maximum absolute atomic E-state index is 11.4. The molecule has 4 rings (SSSR count). The second kappa shape index (κ2) is 5.49. The molecule has 4 heteroatoms. The summed E-state index contributed by atoms with van der Waals surface area (Å²) in [6, 6.07) is 6.11. The van der Waals surface area contributed by atoms with Crippen LogP contribution in [0.5, 0.6) is 11.5 Å². The first-order valence-electron chi connectivity index (χ1n) is 8.34. The number of benzene rings is 1. The van der Waals surface area contributed by atoms with Crippen LogP contribution in [0.2, 0.25) is 0 Å². The zero-order valence-corrected chi connectivity index (χ0v) is 13.0. The van der Waals surface area contributed by atoms with Gasteiger partial charge < -0.3 is 14.8 Å². The molecular formula is C18H23NO3. The van der Waals surface area contributed by atoms with Crippen LogP contribution in [0.1, 0.15) is 43.6 Å². The van der Waals surface area contributed by atoms with Crippen molar-refractivity contribution in [2.75, 3.05) is 13.7 Å². The van der Waals surface area contributed by atoms with Gasteiger partial charge in [0, 0.05) is 18.9 Å². The Hall–Kier alpha value is -1.71. The highest BCUT2D eigenvalue weighted by molar-refractivity contribution is 5.79. The van der Waals surface area contributed by atoms with Crippen LogP contribution in [0.25, 0.3) is 0 Å². The van der Waals surface area contributed by atoms with E-state index in [2.05, 4.69) is 17.4 Å². The number of hydrogen-bond donors (Lipinski definition) is 1. The standard InChI is InChI=1S/C18H23NO3/c1-21-15-5-4-12(14-9-18(20)19-10-14)8-17(15)22-16-7-11-2-3-13(16)6-11/h4-5,8,11,13-14,16H,2-3,6-7,9-10H2,1H3,(H,19,20). The third-order valence-electron chi connectivity index (χ3n) is 5.59. The average Bonchev–Trinajstić information content (AvgIpc) is 3.24. The lowest BCUT2D eigenvalue weighted by molar-refractivity contribution is -0.119. The van der Waals surface area contributed by atoms with Gasteiger partial charge in [-0.15, -0.1) is 0 Å². The number of carbonyl (C=O) groups is 1. The fourth-order valence-electron chi connectivity index (χ4n) is 4.37. The van der Waals surface area contributed by atoms with Gasteiger partial charge in [-0.1, -0.05) is 6.07 Å². The summed E-state index contributed by atoms with van der Waals surface area (Å²) in [6.45, 7) is 0.721. The lowest BCUT2D eigenvalue weighted by atomic mass is 9.96. The van der Waals surface area contributed by atoms with Crippen LogP contribution in [0, 0.1) is 11.8 Å². The minimum absolute atomic E-state index is 0.136. The van der Waals surface area contributed by atoms with Gasteiger partial charge in [0.05, 0.1) is 7.11 Å². The molecule has 2 aliphatic carbocycles. The smallest absolute Gasteiger partial charge is 0.220 e. The van der Waals surface area contributed by atoms with Crippen molar-refractivity contribution in [1.29, 1.82) is 0 Å². The Morgan fingerprint density at radius 2 is 2.09 bits per heavy atom. The summed E-state index contributed by atoms with van der Waals surface area (Å²) in [4.78, 5) is 11.4. The number of hydrogen-bond acceptors (Lipinski definition) is 3. The summed E-state index contributed by atoms with van der Waals surface area (Å²) < 4.78 is 11.8. The summed E-state index contributed by atoms with van der Waals surface area (Å²) in [7, 11) is 1.68. The van der Waals surface area contributed by atoms with E-state index < -0.39 is 0 Å². The molecule has 3 aliphatic rings. The van der Waals surface area contributed by atoms with Gasteiger partial charge in [-0.05, 0) is 55.2 Å². The van der Waals surface area contributed by atoms with Gasteiger partial charge in [0.15, 0.2) is 11.5 Å². The molecule has 118 valence electrons. The molecule has 4 atom stereocenters. The number of ether oxygens (including phenoxy) is 2. The number of fused-ring (bicyclic) bond motifs is 2. The molecule has 1 aliphatic heterocycles. The number of methoxy groups -OCH3 is 1. The highest BCUT2D eigenvalue weighted by atomic mass is 16.5. The topological polar surface area (TPSA) is 47.6 Å². The maximum Gasteiger partial charge on any atom is 0.220 e. The van der Waals surface area contributed by atoms with Crippen LogP contribution >= 0.6 is 0 Å². The van der Waals surface area contributed by atoms with E-state index in [1.54, 1.807) is 7.11 Å². The molecule has 3 fully saturated rings. The molecular weight excluding hydrogens is 278 g/mol. The predicted octanol–water partition coefficient (Wildman–Crippen LogP) is 2.87. The lowest BCUT2D eigenvalue weighted by Gasteiger charge is -2.24. The molecule has 4 unspecified atom stereocenters. The highest BCUT2D eigenvalue weighted by Crippen LogP contribution is 2.47. The van der Waals surface area contributed by atoms with Crippen molar-refractivity contribution in [3.8, 4) is 11.5 Å². The van der Waals surface area contributed by atoms with Crippen molar-refractivity contribution in [1.82, 2.24) is 5.32 Å². The molecule has 2 saturated carbocycles. The molecule has 4 nitrogen and oxygen atoms in total. The van der Waals surface area contributed by atoms with Gasteiger partial charge in [-0.2, -0.15) is 0 Å². The van der Waals surface area contributed by atoms with Gasteiger partial charge in [0.1, 0.15) is 6.10 Å². The largest absolute Gasteiger partial charge is 0.493 e. The second-order valence-corrected chi connectivity index (χ2v) is 6.95. The Labute approximate surface area is 131 Å². The molecule has 0 spiro atoms. The third kappa shape index (κ3) is 2.44. The molecule has 1 N–H and O–H groups in total. The average molecular weight is 301 g/mol. The fraction of sp³-hybridized carbons (Fsp3) is 0.611. The number of carbonyl (C=O) groups excluding carboxylic acids is 1. The Morgan fingerprint density at radius 1 is 1.18 bits per heavy atom. The van der Waals surface area contributed by atoms with Gasteiger partial charge in [0.2, 0.25) is 5.91 Å². The summed E-state index contributed by atoms with van der Waals surface area (Å²) in [5.41, 5.74) is 1.16. The van der Waals surface area contributed by atoms with E-state index in [9.17, 15) is 4.79 Å². The van der Waals surface area contributed by atoms with Crippen molar-refractivity contribution in [3.63, 3.8) is 0 Å². The molecule has 22 heavy (non-hydrogen) atoms. The Balaban J connectivity index is 1.55. The molecule has 1 amide bonds. The molecule has 1 aromatic carbocycles. The van der Waals surface area contributed by atoms with E-state index in [1.165, 1.54) is 25.7 Å². The van der Waals surface area contributed by atoms with Crippen LogP contribution in [-0.4, -0.2) is 25.7 Å². The van der Waals surface area contributed by atoms with E-state index in [1.807, 2.05) is 6.07 Å². The van der Waals surface area contributed by atoms with Crippen molar-refractivity contribution in [2.24, 2.45) is 11.8 Å². The second-order valence-electron chi connectivity index (χ2n) is 6.95. The minimum Gasteiger partial charge on any atom is -0.493 e. The minimum atomic E-state index is 0.136. The monoisotopic (exact) mass is 301 g/mol. The van der Waals surface area contributed by atoms with Gasteiger partial charge in [-0.3, -0.25) is 4.79 Å². The van der Waals surface area contributed by atoms with Crippen LogP contribution in [0.3, 0.4) is 0 Å². The van der Waals surface area contributed by atoms with E-state index in [0.29, 0.717) is 18.4 Å². The summed E-state index contributed by atoms with van der Waals surface area (Å²) in [6.07, 6.45) is 6.09. The van der Waals surface area contributed by atoms with E-state index in [4.69, 9.17) is 9.47 Å². The van der Waals surface area contributed by atoms with Gasteiger partial charge in [0.25, 0.3) is 0 Å². The van der Waals surface area contributed by atoms with Crippen LogP contribution in [-0.2, 0) is 4.79 Å². The summed E-state index contributed by atoms with van der Waals surface area (Å²) in [5.74, 6) is 3.60. The first-order chi connectivity index (χ1) is 10.7. The Bertz CT molecular complexity index is 586. The lowest BCUT2D eigenvalue weighted by Crippen LogP contribution is -2.23. The normalized spacial score (nSPS) is 33.0. The summed E-state index contributed by atoms with van der Waals surface area (Å²) in [5, 5.41) is 2.90. The molecule has 0 radical (unpaired) electrons. The first kappa shape index (κ1) is 13.9. The Morgan fingerprint density at radius 3 is 2.73 bits per heavy atom. The summed E-state index contributed by atoms with van der Waals surface area (Å²) >= 11 is 0. The third-order valence-corrected chi connectivity index (χ3v) is 5.59. The van der Waals surface area contributed by atoms with Gasteiger partial charge in [-0.25, -0.2) is 0 Å². The Kier molecular flexibility index (Phi) is 3.47. The highest BCUT2D eigenvalue weighted by Gasteiger charge is 2.41. The first-order valence-corrected chi connectivity index (χ1v) is 8.34. The van der Waals surface area contributed by atoms with Crippen molar-refractivity contribution in [2.45, 2.75) is 44.1 Å². The predicted molar refractivity (Wildman–Crippen MR) is 83.2 cm³/mol. The van der Waals surface area contributed by atoms with Crippen LogP contribution in [0.15, 0.2) is 18.2 Å². The molecule has 0 aromatic heterocycles. The van der Waals surface area contributed by atoms with Gasteiger partial charge >= 0.3 is 0 Å². The number of rotatable bonds is 4. The van der Waals surface area contributed by atoms with E-state index in [-0.39, 0.29) is 11.8 Å². The molecule has 1 heterocycles. The van der Waals surface area contributed by atoms with Crippen molar-refractivity contribution < 1.29 is 14.3 Å². The maximum atomic E-state index is 11.4. The van der Waals surface area contributed by atoms with Crippen molar-refractivity contribution >= 4 is 5.91 Å². The van der Waals surface area contributed by atoms with Crippen LogP contribution in [0.4, 0.5) is 0 Å². The fourth-order valence-corrected chi connectivity index (χ4v) is 4.37. The van der Waals surface area contributed by atoms with E-state index >= 15 is 0 Å². The van der Waals surface area contributed by atoms with E-state index in [0.717, 1.165) is 29.5 Å².